The smallest absolute Gasteiger partial charge is 0.0110 e. The minimum Gasteiger partial charge on any atom is -0.314 e. The van der Waals surface area contributed by atoms with E-state index in [9.17, 15) is 0 Å². The highest BCUT2D eigenvalue weighted by Crippen LogP contribution is 2.18. The molecule has 1 atom stereocenters. The van der Waals surface area contributed by atoms with Gasteiger partial charge >= 0.3 is 0 Å². The Balaban J connectivity index is 2.08. The van der Waals surface area contributed by atoms with Gasteiger partial charge in [-0.3, -0.25) is 0 Å². The zero-order valence-electron chi connectivity index (χ0n) is 12.7. The topological polar surface area (TPSA) is 12.0 Å². The second-order valence-electron chi connectivity index (χ2n) is 5.64. The van der Waals surface area contributed by atoms with Crippen molar-refractivity contribution in [3.63, 3.8) is 0 Å². The van der Waals surface area contributed by atoms with Gasteiger partial charge in [-0.05, 0) is 49.1 Å². The highest BCUT2D eigenvalue weighted by atomic mass is 14.9. The molecule has 1 nitrogen and oxygen atoms in total. The summed E-state index contributed by atoms with van der Waals surface area (Å²) in [4.78, 5) is 0. The summed E-state index contributed by atoms with van der Waals surface area (Å²) in [6.07, 6.45) is 3.35. The van der Waals surface area contributed by atoms with Gasteiger partial charge in [0.2, 0.25) is 0 Å². The van der Waals surface area contributed by atoms with Gasteiger partial charge in [-0.2, -0.15) is 0 Å². The number of rotatable bonds is 7. The zero-order chi connectivity index (χ0) is 14.4. The molecule has 1 unspecified atom stereocenters. The van der Waals surface area contributed by atoms with Crippen LogP contribution in [0.15, 0.2) is 54.6 Å². The molecule has 106 valence electrons. The fourth-order valence-electron chi connectivity index (χ4n) is 2.64. The van der Waals surface area contributed by atoms with Crippen LogP contribution < -0.4 is 5.32 Å². The van der Waals surface area contributed by atoms with Crippen molar-refractivity contribution in [3.8, 4) is 0 Å². The average molecular weight is 267 g/mol. The van der Waals surface area contributed by atoms with Crippen molar-refractivity contribution in [1.82, 2.24) is 5.32 Å². The van der Waals surface area contributed by atoms with Crippen molar-refractivity contribution < 1.29 is 0 Å². The largest absolute Gasteiger partial charge is 0.314 e. The second kappa shape index (κ2) is 7.25. The van der Waals surface area contributed by atoms with E-state index in [0.717, 1.165) is 25.8 Å². The lowest BCUT2D eigenvalue weighted by Gasteiger charge is -2.18. The predicted molar refractivity (Wildman–Crippen MR) is 89.2 cm³/mol. The van der Waals surface area contributed by atoms with Crippen LogP contribution >= 0.6 is 0 Å². The van der Waals surface area contributed by atoms with Crippen LogP contribution in [0.4, 0.5) is 0 Å². The van der Waals surface area contributed by atoms with Gasteiger partial charge in [-0.25, -0.2) is 0 Å². The maximum absolute atomic E-state index is 4.01. The SMILES string of the molecule is C=C(C)CCC(Cc1ccc2ccccc2c1)NCC. The average Bonchev–Trinajstić information content (AvgIpc) is 2.45. The van der Waals surface area contributed by atoms with Gasteiger partial charge in [0.1, 0.15) is 0 Å². The van der Waals surface area contributed by atoms with Gasteiger partial charge in [-0.15, -0.1) is 6.58 Å². The third-order valence-corrected chi connectivity index (χ3v) is 3.71. The summed E-state index contributed by atoms with van der Waals surface area (Å²) in [5.41, 5.74) is 2.68. The normalized spacial score (nSPS) is 12.5. The van der Waals surface area contributed by atoms with E-state index in [1.165, 1.54) is 21.9 Å². The molecule has 2 aromatic carbocycles. The molecule has 0 heterocycles. The third kappa shape index (κ3) is 4.21. The van der Waals surface area contributed by atoms with Gasteiger partial charge in [0.25, 0.3) is 0 Å². The fourth-order valence-corrected chi connectivity index (χ4v) is 2.64. The van der Waals surface area contributed by atoms with E-state index >= 15 is 0 Å². The molecule has 1 heteroatoms. The van der Waals surface area contributed by atoms with E-state index in [1.807, 2.05) is 0 Å². The Hall–Kier alpha value is -1.60. The number of nitrogens with one attached hydrogen (secondary N) is 1. The standard InChI is InChI=1S/C19H25N/c1-4-20-19(12-9-15(2)3)14-16-10-11-17-7-5-6-8-18(17)13-16/h5-8,10-11,13,19-20H,2,4,9,12,14H2,1,3H3. The first kappa shape index (κ1) is 14.8. The first-order valence-electron chi connectivity index (χ1n) is 7.54. The molecule has 0 fully saturated rings. The second-order valence-corrected chi connectivity index (χ2v) is 5.64. The molecule has 0 saturated carbocycles. The van der Waals surface area contributed by atoms with Gasteiger partial charge in [0.05, 0.1) is 0 Å². The molecule has 0 radical (unpaired) electrons. The Kier molecular flexibility index (Phi) is 5.37. The maximum Gasteiger partial charge on any atom is 0.0110 e. The molecule has 0 spiro atoms. The first-order valence-corrected chi connectivity index (χ1v) is 7.54. The lowest BCUT2D eigenvalue weighted by Crippen LogP contribution is -2.30. The summed E-state index contributed by atoms with van der Waals surface area (Å²) in [6.45, 7) is 9.31. The monoisotopic (exact) mass is 267 g/mol. The molecule has 0 aliphatic heterocycles. The molecule has 2 rings (SSSR count). The van der Waals surface area contributed by atoms with Crippen LogP contribution in [-0.4, -0.2) is 12.6 Å². The molecule has 0 bridgehead atoms. The molecule has 20 heavy (non-hydrogen) atoms. The highest BCUT2D eigenvalue weighted by molar-refractivity contribution is 5.82. The van der Waals surface area contributed by atoms with E-state index in [-0.39, 0.29) is 0 Å². The Morgan fingerprint density at radius 1 is 1.15 bits per heavy atom. The Morgan fingerprint density at radius 2 is 1.90 bits per heavy atom. The quantitative estimate of drug-likeness (QED) is 0.716. The van der Waals surface area contributed by atoms with Crippen molar-refractivity contribution in [2.75, 3.05) is 6.54 Å². The lowest BCUT2D eigenvalue weighted by molar-refractivity contribution is 0.490. The van der Waals surface area contributed by atoms with Crippen molar-refractivity contribution in [1.29, 1.82) is 0 Å². The Labute approximate surface area is 122 Å². The number of likely N-dealkylation sites (N-methyl/N-ethyl adjacent to an activating group) is 1. The summed E-state index contributed by atoms with van der Waals surface area (Å²) >= 11 is 0. The van der Waals surface area contributed by atoms with Crippen molar-refractivity contribution in [2.45, 2.75) is 39.2 Å². The first-order chi connectivity index (χ1) is 9.69. The van der Waals surface area contributed by atoms with E-state index in [0.29, 0.717) is 6.04 Å². The lowest BCUT2D eigenvalue weighted by atomic mass is 9.98. The molecule has 0 saturated heterocycles. The van der Waals surface area contributed by atoms with Gasteiger partial charge in [0.15, 0.2) is 0 Å². The van der Waals surface area contributed by atoms with Gasteiger partial charge in [0, 0.05) is 6.04 Å². The van der Waals surface area contributed by atoms with E-state index < -0.39 is 0 Å². The van der Waals surface area contributed by atoms with Crippen molar-refractivity contribution in [3.05, 3.63) is 60.2 Å². The van der Waals surface area contributed by atoms with Crippen LogP contribution in [0.3, 0.4) is 0 Å². The summed E-state index contributed by atoms with van der Waals surface area (Å²) in [5, 5.41) is 6.24. The Bertz CT molecular complexity index is 571. The van der Waals surface area contributed by atoms with E-state index in [4.69, 9.17) is 0 Å². The van der Waals surface area contributed by atoms with Crippen molar-refractivity contribution in [2.24, 2.45) is 0 Å². The van der Waals surface area contributed by atoms with Crippen molar-refractivity contribution >= 4 is 10.8 Å². The molecule has 0 amide bonds. The van der Waals surface area contributed by atoms with Crippen LogP contribution in [-0.2, 0) is 6.42 Å². The minimum atomic E-state index is 0.540. The molecular weight excluding hydrogens is 242 g/mol. The Morgan fingerprint density at radius 3 is 2.60 bits per heavy atom. The highest BCUT2D eigenvalue weighted by Gasteiger charge is 2.08. The van der Waals surface area contributed by atoms with E-state index in [2.05, 4.69) is 68.2 Å². The molecule has 0 aliphatic rings. The van der Waals surface area contributed by atoms with Crippen LogP contribution in [0.5, 0.6) is 0 Å². The van der Waals surface area contributed by atoms with Gasteiger partial charge in [-0.1, -0.05) is 55.0 Å². The molecular formula is C19H25N. The minimum absolute atomic E-state index is 0.540. The zero-order valence-corrected chi connectivity index (χ0v) is 12.7. The summed E-state index contributed by atoms with van der Waals surface area (Å²) in [6, 6.07) is 15.9. The third-order valence-electron chi connectivity index (χ3n) is 3.71. The summed E-state index contributed by atoms with van der Waals surface area (Å²) in [5.74, 6) is 0. The summed E-state index contributed by atoms with van der Waals surface area (Å²) < 4.78 is 0. The molecule has 2 aromatic rings. The van der Waals surface area contributed by atoms with Crippen LogP contribution in [0.2, 0.25) is 0 Å². The van der Waals surface area contributed by atoms with Crippen LogP contribution in [0, 0.1) is 0 Å². The van der Waals surface area contributed by atoms with Crippen LogP contribution in [0.25, 0.3) is 10.8 Å². The number of fused-ring (bicyclic) bond motifs is 1. The molecule has 0 aromatic heterocycles. The summed E-state index contributed by atoms with van der Waals surface area (Å²) in [7, 11) is 0. The maximum atomic E-state index is 4.01. The van der Waals surface area contributed by atoms with Gasteiger partial charge < -0.3 is 5.32 Å². The number of hydrogen-bond acceptors (Lipinski definition) is 1. The van der Waals surface area contributed by atoms with Crippen LogP contribution in [0.1, 0.15) is 32.3 Å². The molecule has 1 N–H and O–H groups in total. The predicted octanol–water partition coefficient (Wildman–Crippen LogP) is 4.72. The fraction of sp³-hybridized carbons (Fsp3) is 0.368. The number of hydrogen-bond donors (Lipinski definition) is 1. The molecule has 0 aliphatic carbocycles. The number of allylic oxidation sites excluding steroid dienone is 1. The van der Waals surface area contributed by atoms with E-state index in [1.54, 1.807) is 0 Å². The number of benzene rings is 2.